The van der Waals surface area contributed by atoms with Gasteiger partial charge in [0.05, 0.1) is 6.26 Å². The smallest absolute Gasteiger partial charge is 0.161 e. The van der Waals surface area contributed by atoms with Crippen molar-refractivity contribution in [3.05, 3.63) is 47.9 Å². The average Bonchev–Trinajstić information content (AvgIpc) is 2.97. The molecule has 1 aliphatic rings. The highest BCUT2D eigenvalue weighted by atomic mass is 16.6. The van der Waals surface area contributed by atoms with Gasteiger partial charge in [0.2, 0.25) is 0 Å². The molecule has 0 radical (unpaired) electrons. The van der Waals surface area contributed by atoms with E-state index in [2.05, 4.69) is 0 Å². The van der Waals surface area contributed by atoms with Crippen LogP contribution < -0.4 is 15.2 Å². The molecule has 0 spiro atoms. The maximum Gasteiger partial charge on any atom is 0.161 e. The van der Waals surface area contributed by atoms with Crippen molar-refractivity contribution < 1.29 is 13.9 Å². The second-order valence-corrected chi connectivity index (χ2v) is 4.62. The molecule has 4 nitrogen and oxygen atoms in total. The Balaban J connectivity index is 1.82. The standard InChI is InChI=1S/C15H17NO3/c16-10-12(8-13-2-1-5-17-13)11-3-4-14-15(9-11)19-7-6-18-14/h1-5,9,12H,6-8,10,16H2. The Morgan fingerprint density at radius 1 is 1.11 bits per heavy atom. The molecule has 1 atom stereocenters. The molecule has 0 saturated heterocycles. The SMILES string of the molecule is NCC(Cc1ccco1)c1ccc2c(c1)OCCO2. The van der Waals surface area contributed by atoms with Gasteiger partial charge in [-0.1, -0.05) is 6.07 Å². The lowest BCUT2D eigenvalue weighted by atomic mass is 9.94. The summed E-state index contributed by atoms with van der Waals surface area (Å²) in [5, 5.41) is 0. The number of ether oxygens (including phenoxy) is 2. The van der Waals surface area contributed by atoms with Crippen LogP contribution in [0.4, 0.5) is 0 Å². The zero-order valence-corrected chi connectivity index (χ0v) is 10.7. The van der Waals surface area contributed by atoms with E-state index in [9.17, 15) is 0 Å². The first-order valence-corrected chi connectivity index (χ1v) is 6.49. The van der Waals surface area contributed by atoms with Crippen LogP contribution >= 0.6 is 0 Å². The van der Waals surface area contributed by atoms with Gasteiger partial charge in [-0.2, -0.15) is 0 Å². The first kappa shape index (κ1) is 12.1. The van der Waals surface area contributed by atoms with E-state index < -0.39 is 0 Å². The fourth-order valence-electron chi connectivity index (χ4n) is 2.32. The third-order valence-electron chi connectivity index (χ3n) is 3.35. The fraction of sp³-hybridized carbons (Fsp3) is 0.333. The molecular formula is C15H17NO3. The van der Waals surface area contributed by atoms with Gasteiger partial charge in [-0.25, -0.2) is 0 Å². The highest BCUT2D eigenvalue weighted by Crippen LogP contribution is 2.33. The first-order valence-electron chi connectivity index (χ1n) is 6.49. The molecule has 1 aromatic heterocycles. The molecule has 1 unspecified atom stereocenters. The zero-order chi connectivity index (χ0) is 13.1. The molecule has 4 heteroatoms. The molecule has 100 valence electrons. The summed E-state index contributed by atoms with van der Waals surface area (Å²) in [6, 6.07) is 9.89. The van der Waals surface area contributed by atoms with Gasteiger partial charge >= 0.3 is 0 Å². The van der Waals surface area contributed by atoms with Crippen molar-refractivity contribution in [2.75, 3.05) is 19.8 Å². The van der Waals surface area contributed by atoms with E-state index in [1.54, 1.807) is 6.26 Å². The van der Waals surface area contributed by atoms with Gasteiger partial charge < -0.3 is 19.6 Å². The van der Waals surface area contributed by atoms with Crippen LogP contribution in [-0.2, 0) is 6.42 Å². The Bertz CT molecular complexity index is 536. The van der Waals surface area contributed by atoms with Gasteiger partial charge in [0, 0.05) is 12.3 Å². The first-order chi connectivity index (χ1) is 9.36. The van der Waals surface area contributed by atoms with E-state index in [4.69, 9.17) is 19.6 Å². The summed E-state index contributed by atoms with van der Waals surface area (Å²) < 4.78 is 16.5. The second kappa shape index (κ2) is 5.36. The molecule has 2 aromatic rings. The molecule has 0 saturated carbocycles. The van der Waals surface area contributed by atoms with Crippen LogP contribution in [0.15, 0.2) is 41.0 Å². The number of furan rings is 1. The fourth-order valence-corrected chi connectivity index (χ4v) is 2.32. The van der Waals surface area contributed by atoms with Gasteiger partial charge in [-0.15, -0.1) is 0 Å². The topological polar surface area (TPSA) is 57.6 Å². The van der Waals surface area contributed by atoms with Crippen molar-refractivity contribution in [2.24, 2.45) is 5.73 Å². The van der Waals surface area contributed by atoms with Crippen molar-refractivity contribution in [2.45, 2.75) is 12.3 Å². The van der Waals surface area contributed by atoms with Crippen molar-refractivity contribution in [3.8, 4) is 11.5 Å². The Morgan fingerprint density at radius 3 is 2.68 bits per heavy atom. The van der Waals surface area contributed by atoms with Crippen molar-refractivity contribution in [1.82, 2.24) is 0 Å². The third kappa shape index (κ3) is 2.58. The highest BCUT2D eigenvalue weighted by Gasteiger charge is 2.17. The maximum absolute atomic E-state index is 5.88. The normalized spacial score (nSPS) is 15.2. The molecule has 0 bridgehead atoms. The number of rotatable bonds is 4. The number of fused-ring (bicyclic) bond motifs is 1. The van der Waals surface area contributed by atoms with Gasteiger partial charge in [0.25, 0.3) is 0 Å². The Morgan fingerprint density at radius 2 is 1.95 bits per heavy atom. The molecule has 2 heterocycles. The molecule has 1 aromatic carbocycles. The molecule has 3 rings (SSSR count). The van der Waals surface area contributed by atoms with Crippen LogP contribution in [0, 0.1) is 0 Å². The van der Waals surface area contributed by atoms with Gasteiger partial charge in [0.1, 0.15) is 19.0 Å². The van der Waals surface area contributed by atoms with E-state index in [1.165, 1.54) is 0 Å². The lowest BCUT2D eigenvalue weighted by Crippen LogP contribution is -2.18. The minimum Gasteiger partial charge on any atom is -0.486 e. The van der Waals surface area contributed by atoms with Crippen molar-refractivity contribution in [1.29, 1.82) is 0 Å². The molecular weight excluding hydrogens is 242 g/mol. The van der Waals surface area contributed by atoms with Gasteiger partial charge in [-0.05, 0) is 36.4 Å². The van der Waals surface area contributed by atoms with Crippen LogP contribution in [0.3, 0.4) is 0 Å². The minimum absolute atomic E-state index is 0.224. The summed E-state index contributed by atoms with van der Waals surface area (Å²) in [6.45, 7) is 1.78. The number of hydrogen-bond acceptors (Lipinski definition) is 4. The van der Waals surface area contributed by atoms with E-state index in [-0.39, 0.29) is 5.92 Å². The van der Waals surface area contributed by atoms with Crippen LogP contribution in [-0.4, -0.2) is 19.8 Å². The van der Waals surface area contributed by atoms with Crippen LogP contribution in [0.2, 0.25) is 0 Å². The molecule has 0 fully saturated rings. The van der Waals surface area contributed by atoms with Crippen molar-refractivity contribution in [3.63, 3.8) is 0 Å². The Hall–Kier alpha value is -1.94. The largest absolute Gasteiger partial charge is 0.486 e. The molecule has 19 heavy (non-hydrogen) atoms. The summed E-state index contributed by atoms with van der Waals surface area (Å²) in [7, 11) is 0. The average molecular weight is 259 g/mol. The third-order valence-corrected chi connectivity index (χ3v) is 3.35. The molecule has 0 amide bonds. The van der Waals surface area contributed by atoms with E-state index in [0.29, 0.717) is 19.8 Å². The summed E-state index contributed by atoms with van der Waals surface area (Å²) >= 11 is 0. The van der Waals surface area contributed by atoms with Crippen LogP contribution in [0.25, 0.3) is 0 Å². The predicted molar refractivity (Wildman–Crippen MR) is 71.6 cm³/mol. The highest BCUT2D eigenvalue weighted by molar-refractivity contribution is 5.45. The summed E-state index contributed by atoms with van der Waals surface area (Å²) in [6.07, 6.45) is 2.48. The van der Waals surface area contributed by atoms with E-state index >= 15 is 0 Å². The lowest BCUT2D eigenvalue weighted by Gasteiger charge is -2.21. The van der Waals surface area contributed by atoms with Gasteiger partial charge in [0.15, 0.2) is 11.5 Å². The number of nitrogens with two attached hydrogens (primary N) is 1. The van der Waals surface area contributed by atoms with E-state index in [1.807, 2.05) is 30.3 Å². The zero-order valence-electron chi connectivity index (χ0n) is 10.7. The maximum atomic E-state index is 5.88. The van der Waals surface area contributed by atoms with E-state index in [0.717, 1.165) is 29.2 Å². The Labute approximate surface area is 112 Å². The molecule has 2 N–H and O–H groups in total. The van der Waals surface area contributed by atoms with Crippen molar-refractivity contribution >= 4 is 0 Å². The Kier molecular flexibility index (Phi) is 3.42. The van der Waals surface area contributed by atoms with Crippen LogP contribution in [0.1, 0.15) is 17.2 Å². The summed E-state index contributed by atoms with van der Waals surface area (Å²) in [4.78, 5) is 0. The number of benzene rings is 1. The lowest BCUT2D eigenvalue weighted by molar-refractivity contribution is 0.171. The monoisotopic (exact) mass is 259 g/mol. The quantitative estimate of drug-likeness (QED) is 0.915. The summed E-state index contributed by atoms with van der Waals surface area (Å²) in [5.41, 5.74) is 7.04. The van der Waals surface area contributed by atoms with Crippen LogP contribution in [0.5, 0.6) is 11.5 Å². The minimum atomic E-state index is 0.224. The summed E-state index contributed by atoms with van der Waals surface area (Å²) in [5.74, 6) is 2.79. The van der Waals surface area contributed by atoms with Gasteiger partial charge in [-0.3, -0.25) is 0 Å². The predicted octanol–water partition coefficient (Wildman–Crippen LogP) is 2.34. The number of hydrogen-bond donors (Lipinski definition) is 1. The molecule has 1 aliphatic heterocycles. The molecule has 0 aliphatic carbocycles. The second-order valence-electron chi connectivity index (χ2n) is 4.62.